The molecular weight excluding hydrogens is 468 g/mol. The van der Waals surface area contributed by atoms with E-state index in [1.165, 1.54) is 14.0 Å². The maximum atomic E-state index is 12.4. The number of esters is 2. The van der Waals surface area contributed by atoms with Gasteiger partial charge in [0.1, 0.15) is 18.8 Å². The topological polar surface area (TPSA) is 124 Å². The Morgan fingerprint density at radius 1 is 1.21 bits per heavy atom. The molecule has 1 unspecified atom stereocenters. The molecule has 1 aromatic rings. The van der Waals surface area contributed by atoms with Gasteiger partial charge in [-0.25, -0.2) is 0 Å². The van der Waals surface area contributed by atoms with Gasteiger partial charge in [0.05, 0.1) is 31.5 Å². The van der Waals surface area contributed by atoms with Gasteiger partial charge in [0.25, 0.3) is 10.1 Å². The summed E-state index contributed by atoms with van der Waals surface area (Å²) >= 11 is 0. The van der Waals surface area contributed by atoms with Crippen LogP contribution >= 0.6 is 0 Å². The third kappa shape index (κ3) is 7.74. The summed E-state index contributed by atoms with van der Waals surface area (Å²) in [5.41, 5.74) is -1.52. The summed E-state index contributed by atoms with van der Waals surface area (Å²) in [5, 5.41) is 0. The standard InChI is InChI=1S/C23H34O10S/c1-16(24)32-18-13-31-23(20(18)28-5,15-29-12-17-10-8-7-9-11-17)19(33-34(6,26)27)14-30-21(25)22(2,3)4/h7-11,18-20H,12-15H2,1-6H3/t18-,19?,20-,23-/m0/s1. The monoisotopic (exact) mass is 502 g/mol. The molecular formula is C23H34O10S. The van der Waals surface area contributed by atoms with Crippen molar-refractivity contribution in [3.63, 3.8) is 0 Å². The first-order valence-corrected chi connectivity index (χ1v) is 12.6. The van der Waals surface area contributed by atoms with Crippen molar-refractivity contribution in [3.8, 4) is 0 Å². The smallest absolute Gasteiger partial charge is 0.311 e. The van der Waals surface area contributed by atoms with Crippen LogP contribution in [0.25, 0.3) is 0 Å². The van der Waals surface area contributed by atoms with Gasteiger partial charge in [-0.2, -0.15) is 8.42 Å². The van der Waals surface area contributed by atoms with Gasteiger partial charge < -0.3 is 23.7 Å². The minimum Gasteiger partial charge on any atom is -0.462 e. The second-order valence-electron chi connectivity index (χ2n) is 9.19. The van der Waals surface area contributed by atoms with E-state index in [0.29, 0.717) is 0 Å². The molecule has 1 aliphatic rings. The van der Waals surface area contributed by atoms with Crippen molar-refractivity contribution in [1.82, 2.24) is 0 Å². The van der Waals surface area contributed by atoms with Gasteiger partial charge in [-0.1, -0.05) is 30.3 Å². The fraction of sp³-hybridized carbons (Fsp3) is 0.652. The Kier molecular flexibility index (Phi) is 9.61. The molecule has 0 aromatic heterocycles. The van der Waals surface area contributed by atoms with E-state index in [4.69, 9.17) is 27.9 Å². The lowest BCUT2D eigenvalue weighted by atomic mass is 9.89. The molecule has 1 heterocycles. The van der Waals surface area contributed by atoms with Gasteiger partial charge in [-0.05, 0) is 26.3 Å². The molecule has 0 saturated carbocycles. The molecule has 1 aliphatic heterocycles. The van der Waals surface area contributed by atoms with E-state index in [1.54, 1.807) is 20.8 Å². The molecule has 4 atom stereocenters. The van der Waals surface area contributed by atoms with Gasteiger partial charge in [-0.15, -0.1) is 0 Å². The van der Waals surface area contributed by atoms with Gasteiger partial charge in [0.2, 0.25) is 0 Å². The molecule has 1 aromatic carbocycles. The van der Waals surface area contributed by atoms with E-state index in [9.17, 15) is 18.0 Å². The van der Waals surface area contributed by atoms with Crippen LogP contribution in [-0.4, -0.2) is 77.5 Å². The maximum absolute atomic E-state index is 12.4. The van der Waals surface area contributed by atoms with Crippen LogP contribution in [-0.2, 0) is 54.2 Å². The summed E-state index contributed by atoms with van der Waals surface area (Å²) in [6.45, 7) is 5.70. The Bertz CT molecular complexity index is 925. The second-order valence-corrected chi connectivity index (χ2v) is 10.8. The third-order valence-corrected chi connectivity index (χ3v) is 5.74. The molecule has 192 valence electrons. The molecule has 1 fully saturated rings. The number of hydrogen-bond acceptors (Lipinski definition) is 10. The molecule has 11 heteroatoms. The molecule has 1 saturated heterocycles. The highest BCUT2D eigenvalue weighted by molar-refractivity contribution is 7.86. The minimum absolute atomic E-state index is 0.0936. The largest absolute Gasteiger partial charge is 0.462 e. The molecule has 0 N–H and O–H groups in total. The number of carbonyl (C=O) groups excluding carboxylic acids is 2. The summed E-state index contributed by atoms with van der Waals surface area (Å²) < 4.78 is 57.9. The molecule has 0 aliphatic carbocycles. The van der Waals surface area contributed by atoms with Gasteiger partial charge in [0, 0.05) is 14.0 Å². The number of carbonyl (C=O) groups is 2. The minimum atomic E-state index is -4.02. The molecule has 34 heavy (non-hydrogen) atoms. The van der Waals surface area contributed by atoms with E-state index in [1.807, 2.05) is 30.3 Å². The van der Waals surface area contributed by atoms with Crippen molar-refractivity contribution in [2.75, 3.05) is 33.2 Å². The first kappa shape index (κ1) is 28.2. The molecule has 2 rings (SSSR count). The fourth-order valence-corrected chi connectivity index (χ4v) is 4.25. The Labute approximate surface area is 200 Å². The SMILES string of the molecule is CO[C@H]1[C@@H](OC(C)=O)CO[C@@]1(COCc1ccccc1)C(COC(=O)C(C)(C)C)OS(C)(=O)=O. The molecule has 0 bridgehead atoms. The van der Waals surface area contributed by atoms with Crippen molar-refractivity contribution in [2.45, 2.75) is 58.2 Å². The van der Waals surface area contributed by atoms with E-state index < -0.39 is 58.0 Å². The van der Waals surface area contributed by atoms with Crippen LogP contribution < -0.4 is 0 Å². The highest BCUT2D eigenvalue weighted by Gasteiger charge is 2.59. The zero-order valence-electron chi connectivity index (χ0n) is 20.4. The Balaban J connectivity index is 2.38. The van der Waals surface area contributed by atoms with Crippen molar-refractivity contribution < 1.29 is 45.9 Å². The summed E-state index contributed by atoms with van der Waals surface area (Å²) in [6.07, 6.45) is -2.28. The van der Waals surface area contributed by atoms with Crippen LogP contribution in [0, 0.1) is 5.41 Å². The number of rotatable bonds is 11. The van der Waals surface area contributed by atoms with Gasteiger partial charge in [-0.3, -0.25) is 13.8 Å². The van der Waals surface area contributed by atoms with Crippen molar-refractivity contribution in [1.29, 1.82) is 0 Å². The van der Waals surface area contributed by atoms with Crippen LogP contribution in [0.1, 0.15) is 33.3 Å². The molecule has 10 nitrogen and oxygen atoms in total. The lowest BCUT2D eigenvalue weighted by molar-refractivity contribution is -0.190. The summed E-state index contributed by atoms with van der Waals surface area (Å²) in [5.74, 6) is -1.12. The van der Waals surface area contributed by atoms with E-state index in [2.05, 4.69) is 0 Å². The molecule has 0 amide bonds. The fourth-order valence-electron chi connectivity index (χ4n) is 3.61. The van der Waals surface area contributed by atoms with Crippen LogP contribution in [0.15, 0.2) is 30.3 Å². The third-order valence-electron chi connectivity index (χ3n) is 5.16. The van der Waals surface area contributed by atoms with E-state index in [0.717, 1.165) is 11.8 Å². The second kappa shape index (κ2) is 11.6. The number of methoxy groups -OCH3 is 1. The Morgan fingerprint density at radius 3 is 2.38 bits per heavy atom. The Hall–Kier alpha value is -2.05. The highest BCUT2D eigenvalue weighted by atomic mass is 32.2. The zero-order valence-corrected chi connectivity index (χ0v) is 21.3. The number of benzene rings is 1. The first-order chi connectivity index (χ1) is 15.8. The quantitative estimate of drug-likeness (QED) is 0.327. The number of ether oxygens (including phenoxy) is 5. The predicted molar refractivity (Wildman–Crippen MR) is 121 cm³/mol. The predicted octanol–water partition coefficient (Wildman–Crippen LogP) is 1.85. The zero-order chi connectivity index (χ0) is 25.6. The average molecular weight is 503 g/mol. The van der Waals surface area contributed by atoms with Crippen LogP contribution in [0.5, 0.6) is 0 Å². The summed E-state index contributed by atoms with van der Waals surface area (Å²) in [6, 6.07) is 9.32. The van der Waals surface area contributed by atoms with Crippen molar-refractivity contribution >= 4 is 22.1 Å². The van der Waals surface area contributed by atoms with Crippen LogP contribution in [0.4, 0.5) is 0 Å². The van der Waals surface area contributed by atoms with E-state index >= 15 is 0 Å². The lowest BCUT2D eigenvalue weighted by Crippen LogP contribution is -2.59. The number of hydrogen-bond donors (Lipinski definition) is 0. The summed E-state index contributed by atoms with van der Waals surface area (Å²) in [4.78, 5) is 24.0. The van der Waals surface area contributed by atoms with Crippen molar-refractivity contribution in [3.05, 3.63) is 35.9 Å². The van der Waals surface area contributed by atoms with Crippen molar-refractivity contribution in [2.24, 2.45) is 5.41 Å². The normalized spacial score (nSPS) is 23.9. The van der Waals surface area contributed by atoms with Gasteiger partial charge in [0.15, 0.2) is 11.7 Å². The average Bonchev–Trinajstić information content (AvgIpc) is 3.07. The molecule has 0 spiro atoms. The molecule has 0 radical (unpaired) electrons. The first-order valence-electron chi connectivity index (χ1n) is 10.8. The summed E-state index contributed by atoms with van der Waals surface area (Å²) in [7, 11) is -2.65. The lowest BCUT2D eigenvalue weighted by Gasteiger charge is -2.39. The Morgan fingerprint density at radius 2 is 1.85 bits per heavy atom. The highest BCUT2D eigenvalue weighted by Crippen LogP contribution is 2.37. The van der Waals surface area contributed by atoms with E-state index in [-0.39, 0.29) is 19.8 Å². The van der Waals surface area contributed by atoms with Crippen LogP contribution in [0.2, 0.25) is 0 Å². The van der Waals surface area contributed by atoms with Crippen LogP contribution in [0.3, 0.4) is 0 Å². The van der Waals surface area contributed by atoms with Gasteiger partial charge >= 0.3 is 11.9 Å². The maximum Gasteiger partial charge on any atom is 0.311 e.